The quantitative estimate of drug-likeness (QED) is 0.857. The number of aryl methyl sites for hydroxylation is 1. The van der Waals surface area contributed by atoms with Crippen LogP contribution in [-0.2, 0) is 11.2 Å². The fourth-order valence-corrected chi connectivity index (χ4v) is 3.62. The molecule has 2 aromatic carbocycles. The number of anilines is 1. The van der Waals surface area contributed by atoms with Gasteiger partial charge in [0.05, 0.1) is 16.2 Å². The Bertz CT molecular complexity index is 840. The minimum Gasteiger partial charge on any atom is -0.478 e. The predicted octanol–water partition coefficient (Wildman–Crippen LogP) is 4.06. The molecule has 122 valence electrons. The van der Waals surface area contributed by atoms with E-state index >= 15 is 0 Å². The number of hydrogen-bond acceptors (Lipinski definition) is 3. The molecule has 0 saturated carbocycles. The number of nitrogens with zero attached hydrogens (tertiary/aromatic N) is 1. The van der Waals surface area contributed by atoms with E-state index in [0.717, 1.165) is 16.9 Å². The highest BCUT2D eigenvalue weighted by atomic mass is 32.2. The van der Waals surface area contributed by atoms with Gasteiger partial charge in [-0.2, -0.15) is 0 Å². The zero-order valence-corrected chi connectivity index (χ0v) is 14.3. The zero-order chi connectivity index (χ0) is 17.3. The molecule has 0 spiro atoms. The highest BCUT2D eigenvalue weighted by Crippen LogP contribution is 2.41. The molecule has 0 fully saturated rings. The van der Waals surface area contributed by atoms with Gasteiger partial charge in [-0.05, 0) is 41.8 Å². The number of carboxylic acids is 1. The van der Waals surface area contributed by atoms with Crippen LogP contribution in [0, 0.1) is 0 Å². The van der Waals surface area contributed by atoms with Crippen molar-refractivity contribution in [1.82, 2.24) is 0 Å². The number of thioether (sulfide) groups is 1. The van der Waals surface area contributed by atoms with Crippen LogP contribution in [0.25, 0.3) is 6.08 Å². The van der Waals surface area contributed by atoms with Crippen LogP contribution in [0.3, 0.4) is 0 Å². The second-order valence-electron chi connectivity index (χ2n) is 5.56. The average Bonchev–Trinajstić information content (AvgIpc) is 2.59. The van der Waals surface area contributed by atoms with Crippen molar-refractivity contribution < 1.29 is 14.7 Å². The molecule has 1 N–H and O–H groups in total. The van der Waals surface area contributed by atoms with E-state index in [4.69, 9.17) is 5.11 Å². The van der Waals surface area contributed by atoms with E-state index in [1.807, 2.05) is 18.2 Å². The Morgan fingerprint density at radius 1 is 1.21 bits per heavy atom. The Balaban J connectivity index is 1.96. The van der Waals surface area contributed by atoms with Crippen LogP contribution in [0.2, 0.25) is 0 Å². The first-order chi connectivity index (χ1) is 11.5. The van der Waals surface area contributed by atoms with Crippen molar-refractivity contribution in [3.05, 3.63) is 64.1 Å². The third-order valence-corrected chi connectivity index (χ3v) is 5.07. The Hall–Kier alpha value is -2.53. The molecule has 0 bridgehead atoms. The van der Waals surface area contributed by atoms with Crippen LogP contribution < -0.4 is 4.90 Å². The van der Waals surface area contributed by atoms with Crippen molar-refractivity contribution >= 4 is 35.4 Å². The molecule has 0 aliphatic carbocycles. The van der Waals surface area contributed by atoms with Crippen molar-refractivity contribution in [2.24, 2.45) is 0 Å². The summed E-state index contributed by atoms with van der Waals surface area (Å²) in [6, 6.07) is 13.0. The SMILES string of the molecule is CCc1ccc(/C=C2/Sc3ccc(C(=O)O)cc3N(C)C2=O)cc1. The third-order valence-electron chi connectivity index (χ3n) is 3.99. The Kier molecular flexibility index (Phi) is 4.44. The molecule has 1 amide bonds. The van der Waals surface area contributed by atoms with E-state index in [1.165, 1.54) is 28.3 Å². The number of fused-ring (bicyclic) bond motifs is 1. The van der Waals surface area contributed by atoms with E-state index in [0.29, 0.717) is 10.6 Å². The highest BCUT2D eigenvalue weighted by Gasteiger charge is 2.27. The summed E-state index contributed by atoms with van der Waals surface area (Å²) in [5, 5.41) is 9.11. The number of carbonyl (C=O) groups is 2. The Morgan fingerprint density at radius 3 is 2.54 bits per heavy atom. The van der Waals surface area contributed by atoms with Gasteiger partial charge in [0.2, 0.25) is 0 Å². The summed E-state index contributed by atoms with van der Waals surface area (Å²) >= 11 is 1.37. The lowest BCUT2D eigenvalue weighted by Crippen LogP contribution is -2.30. The summed E-state index contributed by atoms with van der Waals surface area (Å²) in [6.45, 7) is 2.10. The summed E-state index contributed by atoms with van der Waals surface area (Å²) in [5.74, 6) is -1.13. The largest absolute Gasteiger partial charge is 0.478 e. The molecule has 3 rings (SSSR count). The predicted molar refractivity (Wildman–Crippen MR) is 96.5 cm³/mol. The van der Waals surface area contributed by atoms with Crippen molar-refractivity contribution in [2.45, 2.75) is 18.2 Å². The number of carboxylic acid groups (broad SMARTS) is 1. The maximum atomic E-state index is 12.6. The number of carbonyl (C=O) groups excluding carboxylic acids is 1. The number of aromatic carboxylic acids is 1. The van der Waals surface area contributed by atoms with Crippen molar-refractivity contribution in [3.63, 3.8) is 0 Å². The molecule has 1 aliphatic rings. The Morgan fingerprint density at radius 2 is 1.92 bits per heavy atom. The molecule has 1 heterocycles. The first kappa shape index (κ1) is 16.3. The van der Waals surface area contributed by atoms with E-state index < -0.39 is 5.97 Å². The molecule has 24 heavy (non-hydrogen) atoms. The summed E-state index contributed by atoms with van der Waals surface area (Å²) < 4.78 is 0. The number of benzene rings is 2. The standard InChI is InChI=1S/C19H17NO3S/c1-3-12-4-6-13(7-5-12)10-17-18(21)20(2)15-11-14(19(22)23)8-9-16(15)24-17/h4-11H,3H2,1-2H3,(H,22,23)/b17-10+. The molecular formula is C19H17NO3S. The molecule has 0 aromatic heterocycles. The topological polar surface area (TPSA) is 57.6 Å². The maximum Gasteiger partial charge on any atom is 0.335 e. The van der Waals surface area contributed by atoms with Gasteiger partial charge in [0.25, 0.3) is 5.91 Å². The second kappa shape index (κ2) is 6.53. The van der Waals surface area contributed by atoms with E-state index in [-0.39, 0.29) is 11.5 Å². The Labute approximate surface area is 144 Å². The molecule has 0 radical (unpaired) electrons. The fourth-order valence-electron chi connectivity index (χ4n) is 2.53. The van der Waals surface area contributed by atoms with Gasteiger partial charge in [0.15, 0.2) is 0 Å². The lowest BCUT2D eigenvalue weighted by atomic mass is 10.1. The number of hydrogen-bond donors (Lipinski definition) is 1. The van der Waals surface area contributed by atoms with Gasteiger partial charge in [-0.25, -0.2) is 4.79 Å². The summed E-state index contributed by atoms with van der Waals surface area (Å²) in [7, 11) is 1.67. The average molecular weight is 339 g/mol. The smallest absolute Gasteiger partial charge is 0.335 e. The molecule has 0 saturated heterocycles. The van der Waals surface area contributed by atoms with Crippen LogP contribution in [0.15, 0.2) is 52.3 Å². The molecule has 0 unspecified atom stereocenters. The van der Waals surface area contributed by atoms with Crippen LogP contribution in [0.4, 0.5) is 5.69 Å². The van der Waals surface area contributed by atoms with Gasteiger partial charge < -0.3 is 10.0 Å². The molecule has 4 nitrogen and oxygen atoms in total. The number of likely N-dealkylation sites (N-methyl/N-ethyl adjacent to an activating group) is 1. The van der Waals surface area contributed by atoms with Gasteiger partial charge in [-0.1, -0.05) is 43.0 Å². The maximum absolute atomic E-state index is 12.6. The van der Waals surface area contributed by atoms with Crippen LogP contribution in [0.1, 0.15) is 28.4 Å². The fraction of sp³-hybridized carbons (Fsp3) is 0.158. The van der Waals surface area contributed by atoms with Gasteiger partial charge in [0, 0.05) is 11.9 Å². The van der Waals surface area contributed by atoms with Gasteiger partial charge in [0.1, 0.15) is 0 Å². The van der Waals surface area contributed by atoms with Gasteiger partial charge >= 0.3 is 5.97 Å². The normalized spacial score (nSPS) is 15.5. The van der Waals surface area contributed by atoms with Crippen molar-refractivity contribution in [3.8, 4) is 0 Å². The van der Waals surface area contributed by atoms with E-state index in [9.17, 15) is 9.59 Å². The summed E-state index contributed by atoms with van der Waals surface area (Å²) in [5.41, 5.74) is 3.03. The summed E-state index contributed by atoms with van der Waals surface area (Å²) in [4.78, 5) is 26.7. The van der Waals surface area contributed by atoms with Crippen LogP contribution in [-0.4, -0.2) is 24.0 Å². The van der Waals surface area contributed by atoms with E-state index in [2.05, 4.69) is 19.1 Å². The minimum atomic E-state index is -0.999. The second-order valence-corrected chi connectivity index (χ2v) is 6.64. The molecular weight excluding hydrogens is 322 g/mol. The lowest BCUT2D eigenvalue weighted by Gasteiger charge is -2.27. The van der Waals surface area contributed by atoms with Crippen molar-refractivity contribution in [2.75, 3.05) is 11.9 Å². The molecule has 5 heteroatoms. The number of amides is 1. The van der Waals surface area contributed by atoms with E-state index in [1.54, 1.807) is 19.2 Å². The number of rotatable bonds is 3. The molecule has 1 aliphatic heterocycles. The van der Waals surface area contributed by atoms with Crippen LogP contribution >= 0.6 is 11.8 Å². The van der Waals surface area contributed by atoms with Gasteiger partial charge in [-0.3, -0.25) is 4.79 Å². The molecule has 2 aromatic rings. The first-order valence-electron chi connectivity index (χ1n) is 7.63. The first-order valence-corrected chi connectivity index (χ1v) is 8.45. The minimum absolute atomic E-state index is 0.130. The van der Waals surface area contributed by atoms with Crippen LogP contribution in [0.5, 0.6) is 0 Å². The third kappa shape index (κ3) is 3.08. The monoisotopic (exact) mass is 339 g/mol. The molecule has 0 atom stereocenters. The lowest BCUT2D eigenvalue weighted by molar-refractivity contribution is -0.114. The highest BCUT2D eigenvalue weighted by molar-refractivity contribution is 8.04. The zero-order valence-electron chi connectivity index (χ0n) is 13.4. The summed E-state index contributed by atoms with van der Waals surface area (Å²) in [6.07, 6.45) is 2.85. The van der Waals surface area contributed by atoms with Gasteiger partial charge in [-0.15, -0.1) is 0 Å². The van der Waals surface area contributed by atoms with Crippen molar-refractivity contribution in [1.29, 1.82) is 0 Å².